The fourth-order valence-corrected chi connectivity index (χ4v) is 2.36. The maximum Gasteiger partial charge on any atom is 0.408 e. The number of nitrogens with zero attached hydrogens (tertiary/aromatic N) is 3. The van der Waals surface area contributed by atoms with E-state index in [0.717, 1.165) is 6.42 Å². The fourth-order valence-electron chi connectivity index (χ4n) is 2.36. The van der Waals surface area contributed by atoms with Crippen LogP contribution in [0.2, 0.25) is 0 Å². The number of ether oxygens (including phenoxy) is 2. The van der Waals surface area contributed by atoms with E-state index in [1.165, 1.54) is 0 Å². The van der Waals surface area contributed by atoms with Crippen molar-refractivity contribution in [1.82, 2.24) is 10.6 Å². The number of benzene rings is 1. The number of hydrogen-bond acceptors (Lipinski definition) is 7. The molecule has 0 aromatic heterocycles. The first kappa shape index (κ1) is 26.7. The minimum Gasteiger partial charge on any atom is -0.491 e. The second-order valence-corrected chi connectivity index (χ2v) is 7.87. The molecule has 2 N–H and O–H groups in total. The molecule has 0 heterocycles. The highest BCUT2D eigenvalue weighted by Crippen LogP contribution is 2.13. The highest BCUT2D eigenvalue weighted by Gasteiger charge is 2.29. The Hall–Kier alpha value is -3.33. The van der Waals surface area contributed by atoms with Crippen LogP contribution in [-0.2, 0) is 9.53 Å². The number of hydrogen-bond donors (Lipinski definition) is 2. The van der Waals surface area contributed by atoms with E-state index in [-0.39, 0.29) is 24.5 Å². The molecule has 30 heavy (non-hydrogen) atoms. The van der Waals surface area contributed by atoms with Crippen molar-refractivity contribution < 1.29 is 19.1 Å². The van der Waals surface area contributed by atoms with Crippen molar-refractivity contribution in [2.75, 3.05) is 6.61 Å². The largest absolute Gasteiger partial charge is 0.491 e. The SMILES string of the molecule is CC[C@H](C)[C@H](NC(=O)OC(C)(C)C)C(=O)NC(C)COc1ccc(C#N)cc1.N#N. The van der Waals surface area contributed by atoms with Crippen molar-refractivity contribution in [3.05, 3.63) is 29.8 Å². The van der Waals surface area contributed by atoms with Crippen LogP contribution in [0, 0.1) is 28.0 Å². The summed E-state index contributed by atoms with van der Waals surface area (Å²) in [5.41, 5.74) is -0.0821. The second kappa shape index (κ2) is 13.0. The first-order valence-corrected chi connectivity index (χ1v) is 9.68. The van der Waals surface area contributed by atoms with Gasteiger partial charge in [-0.3, -0.25) is 4.79 Å². The molecule has 1 aromatic carbocycles. The van der Waals surface area contributed by atoms with Crippen LogP contribution in [0.1, 0.15) is 53.5 Å². The van der Waals surface area contributed by atoms with E-state index in [9.17, 15) is 9.59 Å². The smallest absolute Gasteiger partial charge is 0.408 e. The molecule has 0 saturated carbocycles. The molecule has 9 heteroatoms. The average molecular weight is 418 g/mol. The normalized spacial score (nSPS) is 13.3. The lowest BCUT2D eigenvalue weighted by Gasteiger charge is -2.27. The first-order chi connectivity index (χ1) is 14.1. The predicted molar refractivity (Wildman–Crippen MR) is 110 cm³/mol. The van der Waals surface area contributed by atoms with Gasteiger partial charge in [0.2, 0.25) is 5.91 Å². The molecule has 164 valence electrons. The third-order valence-corrected chi connectivity index (χ3v) is 4.04. The van der Waals surface area contributed by atoms with Crippen LogP contribution in [0.5, 0.6) is 5.75 Å². The Morgan fingerprint density at radius 2 is 1.67 bits per heavy atom. The molecule has 0 aliphatic heterocycles. The molecule has 0 aliphatic carbocycles. The summed E-state index contributed by atoms with van der Waals surface area (Å²) in [6.45, 7) is 11.3. The van der Waals surface area contributed by atoms with Gasteiger partial charge in [-0.25, -0.2) is 4.79 Å². The lowest BCUT2D eigenvalue weighted by molar-refractivity contribution is -0.125. The number of carbonyl (C=O) groups is 2. The third kappa shape index (κ3) is 10.3. The Morgan fingerprint density at radius 3 is 2.13 bits per heavy atom. The van der Waals surface area contributed by atoms with Crippen molar-refractivity contribution in [1.29, 1.82) is 16.0 Å². The van der Waals surface area contributed by atoms with Crippen molar-refractivity contribution in [3.8, 4) is 11.8 Å². The Bertz CT molecular complexity index is 734. The van der Waals surface area contributed by atoms with Crippen LogP contribution in [0.3, 0.4) is 0 Å². The van der Waals surface area contributed by atoms with Gasteiger partial charge in [0.15, 0.2) is 0 Å². The summed E-state index contributed by atoms with van der Waals surface area (Å²) in [5.74, 6) is 0.278. The van der Waals surface area contributed by atoms with Crippen LogP contribution in [0.25, 0.3) is 0 Å². The van der Waals surface area contributed by atoms with Crippen molar-refractivity contribution in [3.63, 3.8) is 0 Å². The highest BCUT2D eigenvalue weighted by atomic mass is 16.6. The Morgan fingerprint density at radius 1 is 1.10 bits per heavy atom. The summed E-state index contributed by atoms with van der Waals surface area (Å²) < 4.78 is 10.9. The molecule has 3 atom stereocenters. The zero-order valence-corrected chi connectivity index (χ0v) is 18.4. The molecule has 0 fully saturated rings. The van der Waals surface area contributed by atoms with Crippen molar-refractivity contribution >= 4 is 12.0 Å². The minimum absolute atomic E-state index is 0.0563. The third-order valence-electron chi connectivity index (χ3n) is 4.04. The Balaban J connectivity index is 0.00000407. The summed E-state index contributed by atoms with van der Waals surface area (Å²) in [7, 11) is 0. The van der Waals surface area contributed by atoms with Crippen LogP contribution in [0.15, 0.2) is 24.3 Å². The van der Waals surface area contributed by atoms with Crippen LogP contribution in [-0.4, -0.2) is 36.3 Å². The number of nitriles is 1. The van der Waals surface area contributed by atoms with Crippen LogP contribution < -0.4 is 15.4 Å². The number of nitrogens with one attached hydrogen (secondary N) is 2. The summed E-state index contributed by atoms with van der Waals surface area (Å²) in [5, 5.41) is 26.4. The van der Waals surface area contributed by atoms with Crippen molar-refractivity contribution in [2.24, 2.45) is 5.92 Å². The van der Waals surface area contributed by atoms with E-state index in [4.69, 9.17) is 25.5 Å². The molecular formula is C21H31N5O4. The number of carbonyl (C=O) groups excluding carboxylic acids is 2. The second-order valence-electron chi connectivity index (χ2n) is 7.87. The van der Waals surface area contributed by atoms with Gasteiger partial charge in [0, 0.05) is 10.8 Å². The topological polar surface area (TPSA) is 148 Å². The Kier molecular flexibility index (Phi) is 11.6. The van der Waals surface area contributed by atoms with E-state index in [2.05, 4.69) is 10.6 Å². The maximum absolute atomic E-state index is 12.7. The quantitative estimate of drug-likeness (QED) is 0.616. The summed E-state index contributed by atoms with van der Waals surface area (Å²) in [4.78, 5) is 24.8. The molecular weight excluding hydrogens is 386 g/mol. The van der Waals surface area contributed by atoms with Gasteiger partial charge in [-0.1, -0.05) is 20.3 Å². The average Bonchev–Trinajstić information content (AvgIpc) is 2.70. The molecule has 1 aromatic rings. The van der Waals surface area contributed by atoms with Gasteiger partial charge in [0.1, 0.15) is 24.0 Å². The molecule has 0 spiro atoms. The van der Waals surface area contributed by atoms with Crippen LogP contribution in [0.4, 0.5) is 4.79 Å². The summed E-state index contributed by atoms with van der Waals surface area (Å²) in [6.07, 6.45) is 0.110. The summed E-state index contributed by atoms with van der Waals surface area (Å²) >= 11 is 0. The molecule has 1 rings (SSSR count). The predicted octanol–water partition coefficient (Wildman–Crippen LogP) is 3.41. The van der Waals surface area contributed by atoms with Gasteiger partial charge < -0.3 is 20.1 Å². The Labute approximate surface area is 178 Å². The summed E-state index contributed by atoms with van der Waals surface area (Å²) in [6, 6.07) is 7.83. The molecule has 0 bridgehead atoms. The standard InChI is InChI=1S/C21H31N3O4.N2/c1-7-14(2)18(24-20(26)28-21(4,5)6)19(25)23-15(3)13-27-17-10-8-16(12-22)9-11-17;1-2/h8-11,14-15,18H,7,13H2,1-6H3,(H,23,25)(H,24,26);/t14-,15?,18-;/m0./s1. The number of amides is 2. The van der Waals surface area contributed by atoms with E-state index < -0.39 is 17.7 Å². The van der Waals surface area contributed by atoms with Crippen molar-refractivity contribution in [2.45, 2.75) is 65.6 Å². The number of rotatable bonds is 8. The lowest BCUT2D eigenvalue weighted by atomic mass is 9.98. The zero-order valence-electron chi connectivity index (χ0n) is 18.4. The zero-order chi connectivity index (χ0) is 23.3. The van der Waals surface area contributed by atoms with Gasteiger partial charge in [-0.05, 0) is 57.9 Å². The molecule has 2 amide bonds. The molecule has 0 radical (unpaired) electrons. The number of alkyl carbamates (subject to hydrolysis) is 1. The van der Waals surface area contributed by atoms with E-state index in [1.807, 2.05) is 26.8 Å². The van der Waals surface area contributed by atoms with E-state index in [1.54, 1.807) is 45.0 Å². The molecule has 0 saturated heterocycles. The van der Waals surface area contributed by atoms with Gasteiger partial charge >= 0.3 is 6.09 Å². The van der Waals surface area contributed by atoms with E-state index in [0.29, 0.717) is 11.3 Å². The monoisotopic (exact) mass is 417 g/mol. The first-order valence-electron chi connectivity index (χ1n) is 9.68. The molecule has 9 nitrogen and oxygen atoms in total. The molecule has 0 aliphatic rings. The van der Waals surface area contributed by atoms with Crippen LogP contribution >= 0.6 is 0 Å². The minimum atomic E-state index is -0.697. The van der Waals surface area contributed by atoms with Gasteiger partial charge in [0.25, 0.3) is 0 Å². The van der Waals surface area contributed by atoms with Gasteiger partial charge in [0.05, 0.1) is 17.7 Å². The fraction of sp³-hybridized carbons (Fsp3) is 0.571. The highest BCUT2D eigenvalue weighted by molar-refractivity contribution is 5.86. The van der Waals surface area contributed by atoms with E-state index >= 15 is 0 Å². The molecule has 1 unspecified atom stereocenters. The lowest BCUT2D eigenvalue weighted by Crippen LogP contribution is -2.53. The van der Waals surface area contributed by atoms with Gasteiger partial charge in [-0.15, -0.1) is 0 Å². The maximum atomic E-state index is 12.7. The van der Waals surface area contributed by atoms with Gasteiger partial charge in [-0.2, -0.15) is 5.26 Å².